The Morgan fingerprint density at radius 1 is 0.239 bits per heavy atom. The van der Waals surface area contributed by atoms with E-state index in [4.69, 9.17) is 0 Å². The third-order valence-corrected chi connectivity index (χ3v) is 19.8. The summed E-state index contributed by atoms with van der Waals surface area (Å²) in [6, 6.07) is 103. The van der Waals surface area contributed by atoms with Gasteiger partial charge in [0.1, 0.15) is 23.3 Å². The molecule has 7 nitrogen and oxygen atoms in total. The predicted octanol–water partition coefficient (Wildman–Crippen LogP) is 21.0. The van der Waals surface area contributed by atoms with Crippen molar-refractivity contribution in [3.8, 4) is 51.7 Å². The van der Waals surface area contributed by atoms with E-state index in [1.807, 2.05) is 0 Å². The van der Waals surface area contributed by atoms with Crippen molar-refractivity contribution in [2.75, 3.05) is 0 Å². The monoisotopic (exact) mass is 1140 g/mol. The van der Waals surface area contributed by atoms with Crippen molar-refractivity contribution in [3.63, 3.8) is 0 Å². The zero-order chi connectivity index (χ0) is 57.9. The van der Waals surface area contributed by atoms with Gasteiger partial charge in [-0.15, -0.1) is 11.3 Å². The highest BCUT2D eigenvalue weighted by Crippen LogP contribution is 2.52. The van der Waals surface area contributed by atoms with Crippen molar-refractivity contribution >= 4 is 141 Å². The van der Waals surface area contributed by atoms with Gasteiger partial charge in [-0.2, -0.15) is 10.5 Å². The first-order valence-electron chi connectivity index (χ1n) is 29.6. The molecule has 19 rings (SSSR count). The highest BCUT2D eigenvalue weighted by Gasteiger charge is 2.35. The second-order valence-electron chi connectivity index (χ2n) is 22.8. The standard InChI is InChI=1S/C80H45N7S/c81-46-60-76(84-65-36-14-3-24-50(65)51-25-4-15-37-66(51)84)77(85-67-38-16-5-26-52(67)53-27-6-17-39-68(53)85)61(47-82)79(78(60)86-69-40-18-7-28-54(69)55-29-8-19-41-70(55)86)87-71-42-21-32-58(74(71)75-72(87)45-44-59-57-31-10-20-43-73(57)88-80(59)75)56-30-9-13-35-64(56)83-62-33-11-1-22-48(62)49-23-2-12-34-63(49)83/h1-45H. The second kappa shape index (κ2) is 18.3. The number of thiophene rings is 1. The molecular weight excluding hydrogens is 1090 g/mol. The molecular formula is C80H45N7S. The largest absolute Gasteiger partial charge is 0.309 e. The van der Waals surface area contributed by atoms with Crippen molar-refractivity contribution < 1.29 is 0 Å². The number of nitriles is 2. The number of aromatic nitrogens is 5. The maximum absolute atomic E-state index is 13.1. The van der Waals surface area contributed by atoms with Gasteiger partial charge in [0.15, 0.2) is 0 Å². The van der Waals surface area contributed by atoms with Gasteiger partial charge < -0.3 is 22.8 Å². The van der Waals surface area contributed by atoms with Crippen LogP contribution in [-0.2, 0) is 0 Å². The van der Waals surface area contributed by atoms with Gasteiger partial charge >= 0.3 is 0 Å². The third kappa shape index (κ3) is 6.37. The van der Waals surface area contributed by atoms with E-state index >= 15 is 0 Å². The SMILES string of the molecule is N#Cc1c(-n2c3ccccc3c3ccccc32)c(-n2c3ccccc3c3ccccc32)c(C#N)c(-n2c3cccc(-c4ccccc4-n4c5ccccc5c5ccccc54)c3c3c4sc5ccccc5c4ccc32)c1-n1c2ccccc2c2ccccc21. The Morgan fingerprint density at radius 3 is 0.955 bits per heavy atom. The lowest BCUT2D eigenvalue weighted by atomic mass is 9.97. The lowest BCUT2D eigenvalue weighted by Gasteiger charge is -2.27. The summed E-state index contributed by atoms with van der Waals surface area (Å²) in [7, 11) is 0. The Labute approximate surface area is 506 Å². The van der Waals surface area contributed by atoms with E-state index in [1.54, 1.807) is 11.3 Å². The highest BCUT2D eigenvalue weighted by atomic mass is 32.1. The first-order valence-corrected chi connectivity index (χ1v) is 30.5. The summed E-state index contributed by atoms with van der Waals surface area (Å²) in [6.45, 7) is 0. The summed E-state index contributed by atoms with van der Waals surface area (Å²) in [5.41, 5.74) is 15.9. The van der Waals surface area contributed by atoms with Crippen molar-refractivity contribution in [3.05, 3.63) is 284 Å². The van der Waals surface area contributed by atoms with Crippen LogP contribution in [0.2, 0.25) is 0 Å². The van der Waals surface area contributed by atoms with Gasteiger partial charge in [0, 0.05) is 79.6 Å². The average Bonchev–Trinajstić information content (AvgIpc) is 2.07. The van der Waals surface area contributed by atoms with Crippen molar-refractivity contribution in [2.45, 2.75) is 0 Å². The molecule has 0 saturated heterocycles. The van der Waals surface area contributed by atoms with E-state index in [0.29, 0.717) is 33.9 Å². The van der Waals surface area contributed by atoms with Gasteiger partial charge in [-0.25, -0.2) is 0 Å². The molecule has 6 aromatic heterocycles. The smallest absolute Gasteiger partial charge is 0.104 e. The summed E-state index contributed by atoms with van der Waals surface area (Å²) in [4.78, 5) is 0. The Bertz CT molecular complexity index is 6140. The van der Waals surface area contributed by atoms with Crippen LogP contribution >= 0.6 is 11.3 Å². The van der Waals surface area contributed by atoms with Gasteiger partial charge in [0.05, 0.1) is 83.6 Å². The number of para-hydroxylation sites is 9. The molecule has 0 aliphatic rings. The Hall–Kier alpha value is -11.9. The van der Waals surface area contributed by atoms with E-state index in [2.05, 4.69) is 308 Å². The van der Waals surface area contributed by atoms with Crippen LogP contribution in [0.1, 0.15) is 11.1 Å². The van der Waals surface area contributed by atoms with E-state index in [0.717, 1.165) is 125 Å². The fourth-order valence-corrected chi connectivity index (χ4v) is 16.4. The lowest BCUT2D eigenvalue weighted by Crippen LogP contribution is -2.16. The molecule has 406 valence electrons. The topological polar surface area (TPSA) is 72.2 Å². The van der Waals surface area contributed by atoms with E-state index < -0.39 is 0 Å². The molecule has 0 amide bonds. The molecule has 0 atom stereocenters. The molecule has 0 radical (unpaired) electrons. The quantitative estimate of drug-likeness (QED) is 0.166. The van der Waals surface area contributed by atoms with Gasteiger partial charge in [-0.3, -0.25) is 0 Å². The first-order chi connectivity index (χ1) is 43.7. The van der Waals surface area contributed by atoms with E-state index in [9.17, 15) is 10.5 Å². The normalized spacial score (nSPS) is 12.1. The maximum atomic E-state index is 13.1. The van der Waals surface area contributed by atoms with Crippen LogP contribution in [0, 0.1) is 22.7 Å². The molecule has 0 bridgehead atoms. The minimum absolute atomic E-state index is 0.408. The zero-order valence-electron chi connectivity index (χ0n) is 47.0. The number of nitrogens with zero attached hydrogens (tertiary/aromatic N) is 7. The molecule has 6 heterocycles. The molecule has 0 N–H and O–H groups in total. The van der Waals surface area contributed by atoms with E-state index in [1.165, 1.54) is 20.9 Å². The zero-order valence-corrected chi connectivity index (χ0v) is 47.8. The fourth-order valence-electron chi connectivity index (χ4n) is 15.1. The summed E-state index contributed by atoms with van der Waals surface area (Å²) < 4.78 is 13.9. The van der Waals surface area contributed by atoms with E-state index in [-0.39, 0.29) is 0 Å². The first kappa shape index (κ1) is 48.4. The van der Waals surface area contributed by atoms with Crippen LogP contribution in [0.25, 0.3) is 169 Å². The molecule has 0 unspecified atom stereocenters. The number of rotatable bonds is 6. The molecule has 0 fully saturated rings. The number of hydrogen-bond acceptors (Lipinski definition) is 3. The maximum Gasteiger partial charge on any atom is 0.104 e. The number of benzene rings is 13. The Balaban J connectivity index is 1.08. The molecule has 8 heteroatoms. The molecule has 19 aromatic rings. The van der Waals surface area contributed by atoms with Crippen LogP contribution in [-0.4, -0.2) is 22.8 Å². The van der Waals surface area contributed by atoms with Crippen LogP contribution in [0.4, 0.5) is 0 Å². The Kier molecular flexibility index (Phi) is 10.1. The second-order valence-corrected chi connectivity index (χ2v) is 23.9. The molecule has 0 saturated carbocycles. The number of hydrogen-bond donors (Lipinski definition) is 0. The van der Waals surface area contributed by atoms with Crippen LogP contribution in [0.15, 0.2) is 273 Å². The average molecular weight is 1140 g/mol. The number of fused-ring (bicyclic) bond motifs is 19. The molecule has 13 aromatic carbocycles. The fraction of sp³-hybridized carbons (Fsp3) is 0. The van der Waals surface area contributed by atoms with Crippen LogP contribution in [0.5, 0.6) is 0 Å². The van der Waals surface area contributed by atoms with Crippen molar-refractivity contribution in [2.24, 2.45) is 0 Å². The lowest BCUT2D eigenvalue weighted by molar-refractivity contribution is 1.02. The summed E-state index contributed by atoms with van der Waals surface area (Å²) >= 11 is 1.81. The molecule has 0 aliphatic carbocycles. The van der Waals surface area contributed by atoms with Gasteiger partial charge in [0.2, 0.25) is 0 Å². The predicted molar refractivity (Wildman–Crippen MR) is 366 cm³/mol. The third-order valence-electron chi connectivity index (χ3n) is 18.6. The summed E-state index contributed by atoms with van der Waals surface area (Å²) in [5, 5.41) is 39.1. The van der Waals surface area contributed by atoms with Crippen molar-refractivity contribution in [1.82, 2.24) is 22.8 Å². The molecule has 88 heavy (non-hydrogen) atoms. The van der Waals surface area contributed by atoms with Crippen LogP contribution in [0.3, 0.4) is 0 Å². The Morgan fingerprint density at radius 2 is 0.545 bits per heavy atom. The van der Waals surface area contributed by atoms with Gasteiger partial charge in [-0.05, 0) is 78.4 Å². The van der Waals surface area contributed by atoms with Crippen LogP contribution < -0.4 is 0 Å². The van der Waals surface area contributed by atoms with Gasteiger partial charge in [0.25, 0.3) is 0 Å². The summed E-state index contributed by atoms with van der Waals surface area (Å²) in [5.74, 6) is 0. The van der Waals surface area contributed by atoms with Gasteiger partial charge in [-0.1, -0.05) is 200 Å². The minimum Gasteiger partial charge on any atom is -0.309 e. The summed E-state index contributed by atoms with van der Waals surface area (Å²) in [6.07, 6.45) is 0. The minimum atomic E-state index is 0.408. The highest BCUT2D eigenvalue weighted by molar-refractivity contribution is 7.26. The van der Waals surface area contributed by atoms with Crippen molar-refractivity contribution in [1.29, 1.82) is 10.5 Å². The molecule has 0 spiro atoms. The molecule has 0 aliphatic heterocycles.